The van der Waals surface area contributed by atoms with Crippen LogP contribution in [-0.4, -0.2) is 40.3 Å². The topological polar surface area (TPSA) is 45.5 Å². The fraction of sp³-hybridized carbons (Fsp3) is 0.444. The van der Waals surface area contributed by atoms with E-state index >= 15 is 0 Å². The summed E-state index contributed by atoms with van der Waals surface area (Å²) in [7, 11) is 0. The van der Waals surface area contributed by atoms with E-state index in [1.54, 1.807) is 0 Å². The minimum atomic E-state index is 0.714. The lowest BCUT2D eigenvalue weighted by Crippen LogP contribution is -2.39. The Kier molecular flexibility index (Phi) is 5.29. The first-order valence-corrected chi connectivity index (χ1v) is 8.43. The zero-order valence-corrected chi connectivity index (χ0v) is 13.8. The van der Waals surface area contributed by atoms with E-state index in [1.165, 1.54) is 24.0 Å². The summed E-state index contributed by atoms with van der Waals surface area (Å²) in [5.74, 6) is 1.04. The van der Waals surface area contributed by atoms with Crippen LogP contribution in [-0.2, 0) is 13.1 Å². The number of benzene rings is 1. The van der Waals surface area contributed by atoms with Crippen molar-refractivity contribution >= 4 is 5.96 Å². The van der Waals surface area contributed by atoms with Gasteiger partial charge in [-0.2, -0.15) is 5.10 Å². The summed E-state index contributed by atoms with van der Waals surface area (Å²) in [6.07, 6.45) is 6.34. The van der Waals surface area contributed by atoms with Gasteiger partial charge in [-0.3, -0.25) is 4.68 Å². The molecule has 2 aromatic rings. The van der Waals surface area contributed by atoms with Crippen LogP contribution < -0.4 is 5.32 Å². The Balaban J connectivity index is 1.67. The van der Waals surface area contributed by atoms with Crippen LogP contribution in [0.4, 0.5) is 0 Å². The van der Waals surface area contributed by atoms with Crippen molar-refractivity contribution in [3.8, 4) is 0 Å². The second-order valence-corrected chi connectivity index (χ2v) is 5.89. The first-order valence-electron chi connectivity index (χ1n) is 8.43. The molecule has 1 aromatic heterocycles. The molecule has 2 heterocycles. The molecule has 0 radical (unpaired) electrons. The normalized spacial score (nSPS) is 15.2. The lowest BCUT2D eigenvalue weighted by molar-refractivity contribution is 0.493. The smallest absolute Gasteiger partial charge is 0.194 e. The maximum atomic E-state index is 4.81. The average Bonchev–Trinajstić information content (AvgIpc) is 3.25. The fourth-order valence-electron chi connectivity index (χ4n) is 2.93. The second kappa shape index (κ2) is 7.81. The highest BCUT2D eigenvalue weighted by Gasteiger charge is 2.15. The van der Waals surface area contributed by atoms with Gasteiger partial charge in [-0.25, -0.2) is 4.99 Å². The van der Waals surface area contributed by atoms with Gasteiger partial charge in [-0.1, -0.05) is 24.3 Å². The number of hydrogen-bond acceptors (Lipinski definition) is 2. The summed E-state index contributed by atoms with van der Waals surface area (Å²) in [5, 5.41) is 7.67. The largest absolute Gasteiger partial charge is 0.357 e. The molecule has 1 saturated heterocycles. The molecule has 0 aliphatic carbocycles. The minimum absolute atomic E-state index is 0.714. The molecular weight excluding hydrogens is 286 g/mol. The zero-order chi connectivity index (χ0) is 15.9. The quantitative estimate of drug-likeness (QED) is 0.681. The summed E-state index contributed by atoms with van der Waals surface area (Å²) in [6, 6.07) is 10.6. The summed E-state index contributed by atoms with van der Waals surface area (Å²) >= 11 is 0. The molecule has 23 heavy (non-hydrogen) atoms. The Labute approximate surface area is 138 Å². The van der Waals surface area contributed by atoms with Crippen LogP contribution in [0.2, 0.25) is 0 Å². The third-order valence-corrected chi connectivity index (χ3v) is 4.05. The molecule has 0 atom stereocenters. The fourth-order valence-corrected chi connectivity index (χ4v) is 2.93. The molecule has 1 aromatic carbocycles. The summed E-state index contributed by atoms with van der Waals surface area (Å²) in [6.45, 7) is 6.78. The molecule has 3 rings (SSSR count). The number of aromatic nitrogens is 2. The van der Waals surface area contributed by atoms with Gasteiger partial charge < -0.3 is 10.2 Å². The van der Waals surface area contributed by atoms with Crippen LogP contribution in [0, 0.1) is 0 Å². The van der Waals surface area contributed by atoms with Gasteiger partial charge in [0.25, 0.3) is 0 Å². The molecule has 1 N–H and O–H groups in total. The predicted octanol–water partition coefficient (Wildman–Crippen LogP) is 2.49. The maximum absolute atomic E-state index is 4.81. The Hall–Kier alpha value is -2.30. The highest BCUT2D eigenvalue weighted by atomic mass is 15.3. The van der Waals surface area contributed by atoms with Crippen molar-refractivity contribution in [1.29, 1.82) is 0 Å². The van der Waals surface area contributed by atoms with Crippen molar-refractivity contribution < 1.29 is 0 Å². The summed E-state index contributed by atoms with van der Waals surface area (Å²) < 4.78 is 1.94. The molecular formula is C18H25N5. The first kappa shape index (κ1) is 15.6. The van der Waals surface area contributed by atoms with E-state index in [1.807, 2.05) is 23.1 Å². The van der Waals surface area contributed by atoms with Gasteiger partial charge in [0.05, 0.1) is 13.1 Å². The van der Waals surface area contributed by atoms with E-state index in [0.29, 0.717) is 6.54 Å². The summed E-state index contributed by atoms with van der Waals surface area (Å²) in [4.78, 5) is 7.17. The van der Waals surface area contributed by atoms with Crippen molar-refractivity contribution in [2.24, 2.45) is 4.99 Å². The maximum Gasteiger partial charge on any atom is 0.194 e. The lowest BCUT2D eigenvalue weighted by Gasteiger charge is -2.20. The standard InChI is InChI=1S/C18H25N5/c1-2-19-18(22-10-3-4-11-22)20-14-16-7-5-8-17(13-16)15-23-12-6-9-21-23/h5-9,12-13H,2-4,10-11,14-15H2,1H3,(H,19,20). The summed E-state index contributed by atoms with van der Waals surface area (Å²) in [5.41, 5.74) is 2.50. The molecule has 0 unspecified atom stereocenters. The SMILES string of the molecule is CCNC(=NCc1cccc(Cn2cccn2)c1)N1CCCC1. The van der Waals surface area contributed by atoms with Gasteiger partial charge in [0, 0.05) is 32.0 Å². The Morgan fingerprint density at radius 2 is 2.04 bits per heavy atom. The number of likely N-dealkylation sites (tertiary alicyclic amines) is 1. The van der Waals surface area contributed by atoms with Crippen LogP contribution >= 0.6 is 0 Å². The van der Waals surface area contributed by atoms with E-state index in [9.17, 15) is 0 Å². The van der Waals surface area contributed by atoms with E-state index in [2.05, 4.69) is 46.5 Å². The Morgan fingerprint density at radius 1 is 1.22 bits per heavy atom. The van der Waals surface area contributed by atoms with Gasteiger partial charge in [0.15, 0.2) is 5.96 Å². The van der Waals surface area contributed by atoms with Crippen LogP contribution in [0.25, 0.3) is 0 Å². The molecule has 1 fully saturated rings. The third kappa shape index (κ3) is 4.34. The highest BCUT2D eigenvalue weighted by molar-refractivity contribution is 5.80. The molecule has 1 aliphatic rings. The van der Waals surface area contributed by atoms with Gasteiger partial charge >= 0.3 is 0 Å². The van der Waals surface area contributed by atoms with Crippen LogP contribution in [0.15, 0.2) is 47.7 Å². The van der Waals surface area contributed by atoms with E-state index in [4.69, 9.17) is 4.99 Å². The highest BCUT2D eigenvalue weighted by Crippen LogP contribution is 2.11. The Morgan fingerprint density at radius 3 is 2.78 bits per heavy atom. The molecule has 5 nitrogen and oxygen atoms in total. The van der Waals surface area contributed by atoms with Crippen LogP contribution in [0.3, 0.4) is 0 Å². The van der Waals surface area contributed by atoms with E-state index < -0.39 is 0 Å². The molecule has 0 saturated carbocycles. The van der Waals surface area contributed by atoms with Crippen molar-refractivity contribution in [1.82, 2.24) is 20.0 Å². The van der Waals surface area contributed by atoms with Crippen molar-refractivity contribution in [3.05, 3.63) is 53.9 Å². The third-order valence-electron chi connectivity index (χ3n) is 4.05. The molecule has 5 heteroatoms. The van der Waals surface area contributed by atoms with Crippen molar-refractivity contribution in [2.45, 2.75) is 32.9 Å². The number of nitrogens with zero attached hydrogens (tertiary/aromatic N) is 4. The van der Waals surface area contributed by atoms with E-state index in [0.717, 1.165) is 32.1 Å². The van der Waals surface area contributed by atoms with Gasteiger partial charge in [-0.05, 0) is 37.0 Å². The Bertz CT molecular complexity index is 627. The second-order valence-electron chi connectivity index (χ2n) is 5.89. The van der Waals surface area contributed by atoms with Crippen LogP contribution in [0.1, 0.15) is 30.9 Å². The number of hydrogen-bond donors (Lipinski definition) is 1. The number of nitrogens with one attached hydrogen (secondary N) is 1. The molecule has 122 valence electrons. The van der Waals surface area contributed by atoms with E-state index in [-0.39, 0.29) is 0 Å². The molecule has 1 aliphatic heterocycles. The van der Waals surface area contributed by atoms with Crippen molar-refractivity contribution in [2.75, 3.05) is 19.6 Å². The van der Waals surface area contributed by atoms with Crippen LogP contribution in [0.5, 0.6) is 0 Å². The number of rotatable bonds is 5. The zero-order valence-electron chi connectivity index (χ0n) is 13.8. The molecule has 0 bridgehead atoms. The van der Waals surface area contributed by atoms with Gasteiger partial charge in [0.1, 0.15) is 0 Å². The number of guanidine groups is 1. The monoisotopic (exact) mass is 311 g/mol. The van der Waals surface area contributed by atoms with Gasteiger partial charge in [-0.15, -0.1) is 0 Å². The predicted molar refractivity (Wildman–Crippen MR) is 93.4 cm³/mol. The average molecular weight is 311 g/mol. The van der Waals surface area contributed by atoms with Crippen molar-refractivity contribution in [3.63, 3.8) is 0 Å². The first-order chi connectivity index (χ1) is 11.3. The number of aliphatic imine (C=N–C) groups is 1. The van der Waals surface area contributed by atoms with Gasteiger partial charge in [0.2, 0.25) is 0 Å². The lowest BCUT2D eigenvalue weighted by atomic mass is 10.1. The molecule has 0 spiro atoms. The molecule has 0 amide bonds. The minimum Gasteiger partial charge on any atom is -0.357 e.